The Kier molecular flexibility index (Phi) is 5.60. The molecule has 8 heteroatoms. The fraction of sp³-hybridized carbons (Fsp3) is 0.409. The summed E-state index contributed by atoms with van der Waals surface area (Å²) in [5.74, 6) is 0.404. The van der Waals surface area contributed by atoms with Crippen LogP contribution in [0, 0.1) is 0 Å². The number of benzene rings is 1. The molecule has 1 aromatic carbocycles. The average Bonchev–Trinajstić information content (AvgIpc) is 3.34. The molecule has 0 bridgehead atoms. The van der Waals surface area contributed by atoms with Crippen LogP contribution in [0.25, 0.3) is 15.9 Å². The highest BCUT2D eigenvalue weighted by Crippen LogP contribution is 2.36. The molecule has 5 rings (SSSR count). The molecular formula is C22H22ClN3O2S2. The van der Waals surface area contributed by atoms with Gasteiger partial charge in [-0.3, -0.25) is 14.2 Å². The molecule has 1 saturated heterocycles. The zero-order valence-electron chi connectivity index (χ0n) is 16.5. The number of hydrogen-bond acceptors (Lipinski definition) is 5. The molecule has 3 heterocycles. The number of amides is 1. The van der Waals surface area contributed by atoms with E-state index in [4.69, 9.17) is 16.6 Å². The van der Waals surface area contributed by atoms with Crippen LogP contribution in [0.3, 0.4) is 0 Å². The Bertz CT molecular complexity index is 1160. The number of hydrogen-bond donors (Lipinski definition) is 0. The van der Waals surface area contributed by atoms with Gasteiger partial charge in [0.15, 0.2) is 5.16 Å². The molecule has 0 radical (unpaired) electrons. The fourth-order valence-corrected chi connectivity index (χ4v) is 6.64. The van der Waals surface area contributed by atoms with Gasteiger partial charge in [-0.2, -0.15) is 0 Å². The Morgan fingerprint density at radius 1 is 1.10 bits per heavy atom. The SMILES string of the molecule is O=C(CSc1nc2sc3c(c2c(=O)n1-c1ccc(Cl)cc1)CCC3)N1CCCCC1. The number of fused-ring (bicyclic) bond motifs is 3. The normalized spacial score (nSPS) is 16.2. The summed E-state index contributed by atoms with van der Waals surface area (Å²) in [4.78, 5) is 35.2. The van der Waals surface area contributed by atoms with Crippen LogP contribution in [0.15, 0.2) is 34.2 Å². The minimum absolute atomic E-state index is 0.0466. The van der Waals surface area contributed by atoms with E-state index >= 15 is 0 Å². The molecule has 0 unspecified atom stereocenters. The van der Waals surface area contributed by atoms with Crippen LogP contribution in [-0.4, -0.2) is 39.2 Å². The summed E-state index contributed by atoms with van der Waals surface area (Å²) in [6.45, 7) is 1.65. The van der Waals surface area contributed by atoms with Crippen molar-refractivity contribution in [2.24, 2.45) is 0 Å². The minimum atomic E-state index is -0.0466. The Morgan fingerprint density at radius 2 is 1.87 bits per heavy atom. The fourth-order valence-electron chi connectivity index (χ4n) is 4.30. The number of thioether (sulfide) groups is 1. The Hall–Kier alpha value is -1.83. The smallest absolute Gasteiger partial charge is 0.267 e. The molecule has 1 amide bonds. The van der Waals surface area contributed by atoms with Crippen LogP contribution < -0.4 is 5.56 Å². The highest BCUT2D eigenvalue weighted by molar-refractivity contribution is 7.99. The summed E-state index contributed by atoms with van der Waals surface area (Å²) in [6, 6.07) is 7.22. The van der Waals surface area contributed by atoms with E-state index in [1.165, 1.54) is 23.1 Å². The first kappa shape index (κ1) is 20.1. The van der Waals surface area contributed by atoms with Crippen molar-refractivity contribution < 1.29 is 4.79 Å². The molecule has 0 atom stereocenters. The van der Waals surface area contributed by atoms with Gasteiger partial charge < -0.3 is 4.90 Å². The summed E-state index contributed by atoms with van der Waals surface area (Å²) in [6.07, 6.45) is 6.37. The third-order valence-electron chi connectivity index (χ3n) is 5.83. The van der Waals surface area contributed by atoms with Gasteiger partial charge in [0.25, 0.3) is 5.56 Å². The second-order valence-corrected chi connectivity index (χ2v) is 10.2. The lowest BCUT2D eigenvalue weighted by atomic mass is 10.1. The molecule has 1 fully saturated rings. The van der Waals surface area contributed by atoms with Crippen LogP contribution in [0.2, 0.25) is 5.02 Å². The predicted octanol–water partition coefficient (Wildman–Crippen LogP) is 4.69. The highest BCUT2D eigenvalue weighted by atomic mass is 35.5. The van der Waals surface area contributed by atoms with Crippen molar-refractivity contribution >= 4 is 50.8 Å². The first-order valence-corrected chi connectivity index (χ1v) is 12.5. The molecular weight excluding hydrogens is 438 g/mol. The lowest BCUT2D eigenvalue weighted by Gasteiger charge is -2.26. The highest BCUT2D eigenvalue weighted by Gasteiger charge is 2.25. The zero-order valence-corrected chi connectivity index (χ0v) is 18.9. The van der Waals surface area contributed by atoms with Gasteiger partial charge in [-0.1, -0.05) is 23.4 Å². The molecule has 0 N–H and O–H groups in total. The number of carbonyl (C=O) groups is 1. The maximum Gasteiger partial charge on any atom is 0.267 e. The number of piperidine rings is 1. The molecule has 0 saturated carbocycles. The lowest BCUT2D eigenvalue weighted by molar-refractivity contribution is -0.129. The van der Waals surface area contributed by atoms with Gasteiger partial charge in [-0.05, 0) is 68.4 Å². The Labute approximate surface area is 188 Å². The van der Waals surface area contributed by atoms with Crippen LogP contribution in [0.5, 0.6) is 0 Å². The van der Waals surface area contributed by atoms with Crippen molar-refractivity contribution in [2.45, 2.75) is 43.7 Å². The van der Waals surface area contributed by atoms with Crippen LogP contribution in [0.4, 0.5) is 0 Å². The van der Waals surface area contributed by atoms with E-state index in [0.717, 1.165) is 66.7 Å². The minimum Gasteiger partial charge on any atom is -0.342 e. The molecule has 1 aliphatic heterocycles. The topological polar surface area (TPSA) is 55.2 Å². The van der Waals surface area contributed by atoms with Crippen molar-refractivity contribution in [2.75, 3.05) is 18.8 Å². The summed E-state index contributed by atoms with van der Waals surface area (Å²) in [5, 5.41) is 1.93. The number of carbonyl (C=O) groups excluding carboxylic acids is 1. The van der Waals surface area contributed by atoms with Crippen molar-refractivity contribution in [3.63, 3.8) is 0 Å². The van der Waals surface area contributed by atoms with Crippen molar-refractivity contribution in [3.8, 4) is 5.69 Å². The van der Waals surface area contributed by atoms with Crippen LogP contribution in [-0.2, 0) is 17.6 Å². The van der Waals surface area contributed by atoms with E-state index in [1.54, 1.807) is 28.0 Å². The van der Waals surface area contributed by atoms with Crippen LogP contribution >= 0.6 is 34.7 Å². The maximum atomic E-state index is 13.6. The zero-order chi connectivity index (χ0) is 20.7. The quantitative estimate of drug-likeness (QED) is 0.419. The molecule has 1 aliphatic carbocycles. The van der Waals surface area contributed by atoms with E-state index < -0.39 is 0 Å². The Balaban J connectivity index is 1.55. The number of rotatable bonds is 4. The van der Waals surface area contributed by atoms with E-state index in [0.29, 0.717) is 10.2 Å². The predicted molar refractivity (Wildman–Crippen MR) is 123 cm³/mol. The van der Waals surface area contributed by atoms with Gasteiger partial charge in [0.1, 0.15) is 4.83 Å². The van der Waals surface area contributed by atoms with E-state index in [1.807, 2.05) is 17.0 Å². The standard InChI is InChI=1S/C22H22ClN3O2S2/c23-14-7-9-15(10-8-14)26-21(28)19-16-5-4-6-17(16)30-20(19)24-22(26)29-13-18(27)25-11-2-1-3-12-25/h7-10H,1-6,11-13H2. The van der Waals surface area contributed by atoms with Gasteiger partial charge in [-0.25, -0.2) is 4.98 Å². The third-order valence-corrected chi connectivity index (χ3v) is 8.19. The molecule has 156 valence electrons. The Morgan fingerprint density at radius 3 is 2.63 bits per heavy atom. The van der Waals surface area contributed by atoms with Gasteiger partial charge in [0, 0.05) is 23.0 Å². The number of aryl methyl sites for hydroxylation is 2. The maximum absolute atomic E-state index is 13.6. The summed E-state index contributed by atoms with van der Waals surface area (Å²) >= 11 is 9.05. The lowest BCUT2D eigenvalue weighted by Crippen LogP contribution is -2.36. The summed E-state index contributed by atoms with van der Waals surface area (Å²) in [5.41, 5.74) is 1.84. The number of likely N-dealkylation sites (tertiary alicyclic amines) is 1. The molecule has 2 aromatic heterocycles. The summed E-state index contributed by atoms with van der Waals surface area (Å²) in [7, 11) is 0. The van der Waals surface area contributed by atoms with Crippen molar-refractivity contribution in [1.82, 2.24) is 14.5 Å². The average molecular weight is 460 g/mol. The number of aromatic nitrogens is 2. The molecule has 2 aliphatic rings. The second kappa shape index (κ2) is 8.36. The summed E-state index contributed by atoms with van der Waals surface area (Å²) < 4.78 is 1.65. The monoisotopic (exact) mass is 459 g/mol. The molecule has 0 spiro atoms. The first-order chi connectivity index (χ1) is 14.6. The van der Waals surface area contributed by atoms with Crippen molar-refractivity contribution in [3.05, 3.63) is 50.1 Å². The van der Waals surface area contributed by atoms with Gasteiger partial charge in [-0.15, -0.1) is 11.3 Å². The molecule has 30 heavy (non-hydrogen) atoms. The van der Waals surface area contributed by atoms with Gasteiger partial charge in [0.2, 0.25) is 5.91 Å². The van der Waals surface area contributed by atoms with Gasteiger partial charge in [0.05, 0.1) is 16.8 Å². The number of nitrogens with zero attached hydrogens (tertiary/aromatic N) is 3. The molecule has 5 nitrogen and oxygen atoms in total. The van der Waals surface area contributed by atoms with Gasteiger partial charge >= 0.3 is 0 Å². The van der Waals surface area contributed by atoms with E-state index in [-0.39, 0.29) is 17.2 Å². The first-order valence-electron chi connectivity index (χ1n) is 10.4. The largest absolute Gasteiger partial charge is 0.342 e. The van der Waals surface area contributed by atoms with Crippen LogP contribution in [0.1, 0.15) is 36.1 Å². The third kappa shape index (κ3) is 3.67. The van der Waals surface area contributed by atoms with E-state index in [2.05, 4.69) is 0 Å². The number of halogens is 1. The number of thiophene rings is 1. The van der Waals surface area contributed by atoms with Crippen molar-refractivity contribution in [1.29, 1.82) is 0 Å². The van der Waals surface area contributed by atoms with E-state index in [9.17, 15) is 9.59 Å². The molecule has 3 aromatic rings. The second-order valence-electron chi connectivity index (χ2n) is 7.78.